The van der Waals surface area contributed by atoms with E-state index in [1.165, 1.54) is 6.92 Å². The van der Waals surface area contributed by atoms with E-state index in [1.807, 2.05) is 0 Å². The van der Waals surface area contributed by atoms with Crippen molar-refractivity contribution in [1.29, 1.82) is 0 Å². The number of esters is 1. The molecular weight excluding hydrogens is 380 g/mol. The van der Waals surface area contributed by atoms with E-state index in [1.54, 1.807) is 0 Å². The molecule has 148 valence electrons. The first-order valence-electron chi connectivity index (χ1n) is 8.91. The third-order valence-corrected chi connectivity index (χ3v) is 5.86. The van der Waals surface area contributed by atoms with Crippen molar-refractivity contribution in [2.75, 3.05) is 18.5 Å². The Kier molecular flexibility index (Phi) is 6.21. The molecule has 2 aliphatic rings. The maximum atomic E-state index is 12.7. The fourth-order valence-electron chi connectivity index (χ4n) is 3.13. The highest BCUT2D eigenvalue weighted by molar-refractivity contribution is 7.18. The number of nitrogens with one attached hydrogen (secondary N) is 1. The second-order valence-corrected chi connectivity index (χ2v) is 7.88. The molecule has 1 atom stereocenters. The Morgan fingerprint density at radius 2 is 2.04 bits per heavy atom. The Balaban J connectivity index is 1.79. The largest absolute Gasteiger partial charge is 0.462 e. The van der Waals surface area contributed by atoms with Crippen LogP contribution < -0.4 is 5.32 Å². The number of hydrogen-bond acceptors (Lipinski definition) is 6. The Hall–Kier alpha value is -1.87. The molecule has 1 aromatic heterocycles. The lowest BCUT2D eigenvalue weighted by molar-refractivity contribution is -0.130. The van der Waals surface area contributed by atoms with Crippen LogP contribution in [0.15, 0.2) is 0 Å². The molecule has 27 heavy (non-hydrogen) atoms. The molecule has 3 rings (SSSR count). The molecule has 1 aromatic rings. The lowest BCUT2D eigenvalue weighted by Crippen LogP contribution is -2.24. The van der Waals surface area contributed by atoms with Crippen LogP contribution >= 0.6 is 11.3 Å². The summed E-state index contributed by atoms with van der Waals surface area (Å²) in [6.45, 7) is -1.40. The van der Waals surface area contributed by atoms with Gasteiger partial charge in [0.25, 0.3) is 0 Å². The third-order valence-electron chi connectivity index (χ3n) is 4.70. The number of ether oxygens (including phenoxy) is 2. The summed E-state index contributed by atoms with van der Waals surface area (Å²) in [4.78, 5) is 37.2. The Labute approximate surface area is 159 Å². The van der Waals surface area contributed by atoms with E-state index in [-0.39, 0.29) is 30.3 Å². The van der Waals surface area contributed by atoms with E-state index in [4.69, 9.17) is 4.74 Å². The number of anilines is 1. The highest BCUT2D eigenvalue weighted by atomic mass is 32.1. The van der Waals surface area contributed by atoms with E-state index < -0.39 is 18.5 Å². The van der Waals surface area contributed by atoms with Crippen molar-refractivity contribution in [3.05, 3.63) is 16.0 Å². The van der Waals surface area contributed by atoms with Crippen molar-refractivity contribution in [1.82, 2.24) is 0 Å². The van der Waals surface area contributed by atoms with Crippen LogP contribution in [0.4, 0.5) is 13.8 Å². The number of thiophene rings is 1. The highest BCUT2D eigenvalue weighted by Gasteiger charge is 2.36. The SMILES string of the molecule is CC(=O)Nc1sc2c(c1C(=O)OCC1CC1)CCC(CCOC(F)F)C2=O. The van der Waals surface area contributed by atoms with Gasteiger partial charge in [0, 0.05) is 12.8 Å². The summed E-state index contributed by atoms with van der Waals surface area (Å²) < 4.78 is 33.9. The smallest absolute Gasteiger partial charge is 0.345 e. The molecule has 9 heteroatoms. The molecule has 1 N–H and O–H groups in total. The van der Waals surface area contributed by atoms with Gasteiger partial charge in [0.05, 0.1) is 23.7 Å². The van der Waals surface area contributed by atoms with Gasteiger partial charge in [0.1, 0.15) is 5.00 Å². The first kappa shape index (κ1) is 19.9. The second-order valence-electron chi connectivity index (χ2n) is 6.86. The number of fused-ring (bicyclic) bond motifs is 1. The number of rotatable bonds is 8. The molecule has 6 nitrogen and oxygen atoms in total. The van der Waals surface area contributed by atoms with Crippen LogP contribution in [0.1, 0.15) is 58.2 Å². The summed E-state index contributed by atoms with van der Waals surface area (Å²) in [5.74, 6) is -1.12. The molecule has 0 spiro atoms. The maximum absolute atomic E-state index is 12.7. The van der Waals surface area contributed by atoms with Crippen molar-refractivity contribution in [2.45, 2.75) is 45.6 Å². The molecule has 0 aliphatic heterocycles. The van der Waals surface area contributed by atoms with Crippen LogP contribution in [0.5, 0.6) is 0 Å². The normalized spacial score (nSPS) is 19.1. The molecule has 1 amide bonds. The number of hydrogen-bond donors (Lipinski definition) is 1. The summed E-state index contributed by atoms with van der Waals surface area (Å²) in [6.07, 6.45) is 3.16. The predicted octanol–water partition coefficient (Wildman–Crippen LogP) is 3.65. The van der Waals surface area contributed by atoms with Gasteiger partial charge < -0.3 is 14.8 Å². The number of Topliss-reactive ketones (excluding diaryl/α,β-unsaturated/α-hetero) is 1. The van der Waals surface area contributed by atoms with Crippen LogP contribution in [0, 0.1) is 11.8 Å². The average Bonchev–Trinajstić information content (AvgIpc) is 3.35. The van der Waals surface area contributed by atoms with Gasteiger partial charge in [0.15, 0.2) is 5.78 Å². The van der Waals surface area contributed by atoms with E-state index in [0.717, 1.165) is 24.2 Å². The number of amides is 1. The quantitative estimate of drug-likeness (QED) is 0.673. The van der Waals surface area contributed by atoms with Crippen LogP contribution in [-0.2, 0) is 20.7 Å². The maximum Gasteiger partial charge on any atom is 0.345 e. The molecule has 0 saturated heterocycles. The fourth-order valence-corrected chi connectivity index (χ4v) is 4.43. The zero-order valence-corrected chi connectivity index (χ0v) is 15.7. The monoisotopic (exact) mass is 401 g/mol. The van der Waals surface area contributed by atoms with Gasteiger partial charge in [-0.05, 0) is 43.6 Å². The first-order chi connectivity index (χ1) is 12.9. The van der Waals surface area contributed by atoms with Crippen LogP contribution in [0.2, 0.25) is 0 Å². The summed E-state index contributed by atoms with van der Waals surface area (Å²) in [5.41, 5.74) is 0.835. The van der Waals surface area contributed by atoms with Gasteiger partial charge in [-0.2, -0.15) is 8.78 Å². The van der Waals surface area contributed by atoms with Crippen molar-refractivity contribution in [3.63, 3.8) is 0 Å². The molecule has 1 saturated carbocycles. The fraction of sp³-hybridized carbons (Fsp3) is 0.611. The highest BCUT2D eigenvalue weighted by Crippen LogP contribution is 2.41. The van der Waals surface area contributed by atoms with Gasteiger partial charge >= 0.3 is 12.6 Å². The number of ketones is 1. The first-order valence-corrected chi connectivity index (χ1v) is 9.72. The van der Waals surface area contributed by atoms with Crippen molar-refractivity contribution >= 4 is 34.0 Å². The summed E-state index contributed by atoms with van der Waals surface area (Å²) in [7, 11) is 0. The van der Waals surface area contributed by atoms with Gasteiger partial charge in [-0.25, -0.2) is 4.79 Å². The van der Waals surface area contributed by atoms with E-state index in [0.29, 0.717) is 40.8 Å². The molecule has 0 radical (unpaired) electrons. The van der Waals surface area contributed by atoms with Crippen molar-refractivity contribution in [2.24, 2.45) is 11.8 Å². The number of halogens is 2. The Bertz CT molecular complexity index is 744. The van der Waals surface area contributed by atoms with E-state index in [2.05, 4.69) is 10.1 Å². The van der Waals surface area contributed by atoms with Gasteiger partial charge in [-0.15, -0.1) is 11.3 Å². The number of carbonyl (C=O) groups is 3. The number of carbonyl (C=O) groups excluding carboxylic acids is 3. The Morgan fingerprint density at radius 1 is 1.30 bits per heavy atom. The molecular formula is C18H21F2NO5S. The summed E-state index contributed by atoms with van der Waals surface area (Å²) in [5, 5.41) is 2.92. The van der Waals surface area contributed by atoms with Crippen molar-refractivity contribution < 1.29 is 32.6 Å². The van der Waals surface area contributed by atoms with Gasteiger partial charge in [-0.3, -0.25) is 9.59 Å². The minimum absolute atomic E-state index is 0.192. The molecule has 1 heterocycles. The lowest BCUT2D eigenvalue weighted by Gasteiger charge is -2.21. The molecule has 2 aliphatic carbocycles. The van der Waals surface area contributed by atoms with Gasteiger partial charge in [0.2, 0.25) is 5.91 Å². The van der Waals surface area contributed by atoms with E-state index >= 15 is 0 Å². The zero-order valence-electron chi connectivity index (χ0n) is 14.9. The molecule has 0 bridgehead atoms. The van der Waals surface area contributed by atoms with Crippen LogP contribution in [0.3, 0.4) is 0 Å². The molecule has 0 aromatic carbocycles. The molecule has 1 unspecified atom stereocenters. The zero-order chi connectivity index (χ0) is 19.6. The minimum Gasteiger partial charge on any atom is -0.462 e. The van der Waals surface area contributed by atoms with Gasteiger partial charge in [-0.1, -0.05) is 0 Å². The van der Waals surface area contributed by atoms with Crippen molar-refractivity contribution in [3.8, 4) is 0 Å². The predicted molar refractivity (Wildman–Crippen MR) is 94.3 cm³/mol. The van der Waals surface area contributed by atoms with Crippen LogP contribution in [0.25, 0.3) is 0 Å². The van der Waals surface area contributed by atoms with Crippen LogP contribution in [-0.4, -0.2) is 37.5 Å². The lowest BCUT2D eigenvalue weighted by atomic mass is 9.84. The minimum atomic E-state index is -2.86. The second kappa shape index (κ2) is 8.43. The number of alkyl halides is 2. The third kappa shape index (κ3) is 4.90. The topological polar surface area (TPSA) is 81.7 Å². The standard InChI is InChI=1S/C18H21F2NO5S/c1-9(22)21-16-13(17(24)26-8-10-2-3-10)12-5-4-11(6-7-25-18(19)20)14(23)15(12)27-16/h10-11,18H,2-8H2,1H3,(H,21,22). The summed E-state index contributed by atoms with van der Waals surface area (Å²) >= 11 is 1.05. The Morgan fingerprint density at radius 3 is 2.67 bits per heavy atom. The average molecular weight is 401 g/mol. The van der Waals surface area contributed by atoms with E-state index in [9.17, 15) is 23.2 Å². The summed E-state index contributed by atoms with van der Waals surface area (Å²) in [6, 6.07) is 0. The molecule has 1 fully saturated rings.